The van der Waals surface area contributed by atoms with E-state index < -0.39 is 5.97 Å². The van der Waals surface area contributed by atoms with Gasteiger partial charge in [-0.3, -0.25) is 4.79 Å². The van der Waals surface area contributed by atoms with Gasteiger partial charge in [0.2, 0.25) is 0 Å². The van der Waals surface area contributed by atoms with Crippen molar-refractivity contribution in [3.63, 3.8) is 0 Å². The Morgan fingerprint density at radius 1 is 0.800 bits per heavy atom. The molecule has 0 bridgehead atoms. The maximum absolute atomic E-state index is 10.3. The lowest BCUT2D eigenvalue weighted by Gasteiger charge is -2.03. The van der Waals surface area contributed by atoms with Crippen LogP contribution in [0.2, 0.25) is 0 Å². The summed E-state index contributed by atoms with van der Waals surface area (Å²) in [6.45, 7) is 1.34. The number of carboxylic acids is 1. The Hall–Kier alpha value is -0.900. The van der Waals surface area contributed by atoms with E-state index in [9.17, 15) is 9.59 Å². The van der Waals surface area contributed by atoms with Crippen molar-refractivity contribution in [3.05, 3.63) is 0 Å². The Labute approximate surface area is 122 Å². The van der Waals surface area contributed by atoms with Crippen LogP contribution in [0.1, 0.15) is 77.0 Å². The highest BCUT2D eigenvalue weighted by molar-refractivity contribution is 5.66. The zero-order valence-electron chi connectivity index (χ0n) is 12.6. The van der Waals surface area contributed by atoms with Crippen LogP contribution in [0.5, 0.6) is 0 Å². The van der Waals surface area contributed by atoms with E-state index in [2.05, 4.69) is 0 Å². The van der Waals surface area contributed by atoms with Gasteiger partial charge in [0.15, 0.2) is 0 Å². The fourth-order valence-electron chi connectivity index (χ4n) is 2.13. The van der Waals surface area contributed by atoms with Crippen molar-refractivity contribution in [2.45, 2.75) is 77.0 Å². The predicted octanol–water partition coefficient (Wildman–Crippen LogP) is 3.97. The second-order valence-electron chi connectivity index (χ2n) is 5.25. The standard InChI is InChI=1S/C16H30O4/c17-13-11-15-20-14-10-8-6-4-2-1-3-5-7-9-12-16(18)19/h13H,1-12,14-15H2,(H,18,19). The van der Waals surface area contributed by atoms with Gasteiger partial charge >= 0.3 is 5.97 Å². The first-order chi connectivity index (χ1) is 9.77. The average Bonchev–Trinajstić information content (AvgIpc) is 2.43. The van der Waals surface area contributed by atoms with E-state index in [4.69, 9.17) is 9.84 Å². The monoisotopic (exact) mass is 286 g/mol. The van der Waals surface area contributed by atoms with Gasteiger partial charge in [-0.1, -0.05) is 51.4 Å². The molecule has 0 aromatic rings. The van der Waals surface area contributed by atoms with Crippen molar-refractivity contribution in [2.75, 3.05) is 13.2 Å². The molecule has 0 saturated heterocycles. The van der Waals surface area contributed by atoms with E-state index in [1.807, 2.05) is 0 Å². The van der Waals surface area contributed by atoms with Gasteiger partial charge in [-0.05, 0) is 12.8 Å². The first-order valence-corrected chi connectivity index (χ1v) is 8.00. The minimum absolute atomic E-state index is 0.314. The molecule has 20 heavy (non-hydrogen) atoms. The quantitative estimate of drug-likeness (QED) is 0.344. The van der Waals surface area contributed by atoms with E-state index >= 15 is 0 Å². The molecule has 0 unspecified atom stereocenters. The Kier molecular flexibility index (Phi) is 15.4. The molecule has 0 amide bonds. The van der Waals surface area contributed by atoms with Gasteiger partial charge in [-0.2, -0.15) is 0 Å². The summed E-state index contributed by atoms with van der Waals surface area (Å²) in [5, 5.41) is 8.49. The smallest absolute Gasteiger partial charge is 0.303 e. The Balaban J connectivity index is 2.95. The first-order valence-electron chi connectivity index (χ1n) is 8.00. The Bertz CT molecular complexity index is 229. The fraction of sp³-hybridized carbons (Fsp3) is 0.875. The highest BCUT2D eigenvalue weighted by Gasteiger charge is 1.97. The lowest BCUT2D eigenvalue weighted by atomic mass is 10.1. The van der Waals surface area contributed by atoms with Gasteiger partial charge < -0.3 is 14.6 Å². The molecule has 118 valence electrons. The van der Waals surface area contributed by atoms with Crippen LogP contribution in [0.4, 0.5) is 0 Å². The van der Waals surface area contributed by atoms with Gasteiger partial charge in [-0.25, -0.2) is 0 Å². The molecule has 1 N–H and O–H groups in total. The third-order valence-electron chi connectivity index (χ3n) is 3.31. The lowest BCUT2D eigenvalue weighted by Crippen LogP contribution is -1.97. The topological polar surface area (TPSA) is 63.6 Å². The van der Waals surface area contributed by atoms with E-state index in [1.165, 1.54) is 38.5 Å². The van der Waals surface area contributed by atoms with Crippen molar-refractivity contribution in [1.29, 1.82) is 0 Å². The van der Waals surface area contributed by atoms with Crippen molar-refractivity contribution in [3.8, 4) is 0 Å². The summed E-state index contributed by atoms with van der Waals surface area (Å²) >= 11 is 0. The van der Waals surface area contributed by atoms with Crippen molar-refractivity contribution in [2.24, 2.45) is 0 Å². The van der Waals surface area contributed by atoms with Crippen LogP contribution < -0.4 is 0 Å². The second-order valence-corrected chi connectivity index (χ2v) is 5.25. The number of hydrogen-bond acceptors (Lipinski definition) is 3. The molecule has 0 atom stereocenters. The summed E-state index contributed by atoms with van der Waals surface area (Å²) in [7, 11) is 0. The Morgan fingerprint density at radius 3 is 1.80 bits per heavy atom. The van der Waals surface area contributed by atoms with Gasteiger partial charge in [0.05, 0.1) is 6.61 Å². The maximum atomic E-state index is 10.3. The number of carboxylic acid groups (broad SMARTS) is 1. The number of unbranched alkanes of at least 4 members (excludes halogenated alkanes) is 9. The van der Waals surface area contributed by atoms with Gasteiger partial charge in [0, 0.05) is 19.4 Å². The zero-order valence-corrected chi connectivity index (χ0v) is 12.6. The highest BCUT2D eigenvalue weighted by Crippen LogP contribution is 2.11. The number of rotatable bonds is 16. The van der Waals surface area contributed by atoms with E-state index in [-0.39, 0.29) is 0 Å². The molecule has 0 aliphatic carbocycles. The number of aliphatic carboxylic acids is 1. The van der Waals surface area contributed by atoms with Crippen LogP contribution in [-0.2, 0) is 14.3 Å². The van der Waals surface area contributed by atoms with Crippen molar-refractivity contribution in [1.82, 2.24) is 0 Å². The summed E-state index contributed by atoms with van der Waals surface area (Å²) < 4.78 is 5.30. The molecular formula is C16H30O4. The molecule has 4 heteroatoms. The average molecular weight is 286 g/mol. The van der Waals surface area contributed by atoms with E-state index in [0.29, 0.717) is 19.4 Å². The number of ether oxygens (including phenoxy) is 1. The van der Waals surface area contributed by atoms with E-state index in [0.717, 1.165) is 38.6 Å². The second kappa shape index (κ2) is 16.2. The summed E-state index contributed by atoms with van der Waals surface area (Å²) in [6.07, 6.45) is 13.4. The van der Waals surface area contributed by atoms with E-state index in [1.54, 1.807) is 0 Å². The summed E-state index contributed by atoms with van der Waals surface area (Å²) in [6, 6.07) is 0. The van der Waals surface area contributed by atoms with Crippen molar-refractivity contribution >= 4 is 12.3 Å². The summed E-state index contributed by atoms with van der Waals surface area (Å²) in [5.41, 5.74) is 0. The SMILES string of the molecule is O=CCCOCCCCCCCCCCCCC(=O)O. The highest BCUT2D eigenvalue weighted by atomic mass is 16.5. The van der Waals surface area contributed by atoms with Crippen LogP contribution in [0.3, 0.4) is 0 Å². The third-order valence-corrected chi connectivity index (χ3v) is 3.31. The third kappa shape index (κ3) is 17.1. The molecule has 4 nitrogen and oxygen atoms in total. The molecule has 0 rings (SSSR count). The van der Waals surface area contributed by atoms with Crippen LogP contribution >= 0.6 is 0 Å². The molecule has 0 aromatic carbocycles. The predicted molar refractivity (Wildman–Crippen MR) is 79.9 cm³/mol. The molecule has 0 saturated carbocycles. The summed E-state index contributed by atoms with van der Waals surface area (Å²) in [4.78, 5) is 20.4. The molecule has 0 heterocycles. The molecule has 0 spiro atoms. The molecule has 0 fully saturated rings. The lowest BCUT2D eigenvalue weighted by molar-refractivity contribution is -0.137. The van der Waals surface area contributed by atoms with Gasteiger partial charge in [0.1, 0.15) is 6.29 Å². The number of carbonyl (C=O) groups excluding carboxylic acids is 1. The number of aldehydes is 1. The normalized spacial score (nSPS) is 10.6. The molecular weight excluding hydrogens is 256 g/mol. The Morgan fingerprint density at radius 2 is 1.30 bits per heavy atom. The molecule has 0 aliphatic heterocycles. The number of hydrogen-bond donors (Lipinski definition) is 1. The molecule has 0 aliphatic rings. The van der Waals surface area contributed by atoms with Crippen LogP contribution in [0, 0.1) is 0 Å². The molecule has 0 radical (unpaired) electrons. The maximum Gasteiger partial charge on any atom is 0.303 e. The summed E-state index contributed by atoms with van der Waals surface area (Å²) in [5.74, 6) is -0.680. The van der Waals surface area contributed by atoms with Crippen LogP contribution in [-0.4, -0.2) is 30.6 Å². The molecule has 0 aromatic heterocycles. The van der Waals surface area contributed by atoms with Gasteiger partial charge in [0.25, 0.3) is 0 Å². The fourth-order valence-corrected chi connectivity index (χ4v) is 2.13. The largest absolute Gasteiger partial charge is 0.481 e. The van der Waals surface area contributed by atoms with Crippen molar-refractivity contribution < 1.29 is 19.4 Å². The van der Waals surface area contributed by atoms with Gasteiger partial charge in [-0.15, -0.1) is 0 Å². The number of carbonyl (C=O) groups is 2. The minimum Gasteiger partial charge on any atom is -0.481 e. The zero-order chi connectivity index (χ0) is 14.9. The van der Waals surface area contributed by atoms with Crippen LogP contribution in [0.25, 0.3) is 0 Å². The first kappa shape index (κ1) is 19.1. The van der Waals surface area contributed by atoms with Crippen LogP contribution in [0.15, 0.2) is 0 Å². The minimum atomic E-state index is -0.680.